The van der Waals surface area contributed by atoms with E-state index >= 15 is 0 Å². The van der Waals surface area contributed by atoms with Crippen LogP contribution in [0.3, 0.4) is 0 Å². The van der Waals surface area contributed by atoms with E-state index in [0.717, 1.165) is 124 Å². The lowest BCUT2D eigenvalue weighted by Gasteiger charge is -2.27. The molecule has 7 heterocycles. The van der Waals surface area contributed by atoms with Crippen molar-refractivity contribution in [3.8, 4) is 67.3 Å². The van der Waals surface area contributed by atoms with Crippen LogP contribution in [0.2, 0.25) is 0 Å². The summed E-state index contributed by atoms with van der Waals surface area (Å²) in [4.78, 5) is 62.3. The summed E-state index contributed by atoms with van der Waals surface area (Å²) in [5.41, 5.74) is 14.0. The molecular formula is C65H77N11O4. The van der Waals surface area contributed by atoms with Crippen molar-refractivity contribution >= 4 is 12.2 Å². The average molecular weight is 1080 g/mol. The van der Waals surface area contributed by atoms with E-state index in [2.05, 4.69) is 139 Å². The summed E-state index contributed by atoms with van der Waals surface area (Å²) in [7, 11) is 0. The summed E-state index contributed by atoms with van der Waals surface area (Å²) in [5, 5.41) is 3.53. The average Bonchev–Trinajstić information content (AvgIpc) is 4.29. The Morgan fingerprint density at radius 1 is 0.463 bits per heavy atom. The Morgan fingerprint density at radius 2 is 0.863 bits per heavy atom. The van der Waals surface area contributed by atoms with E-state index in [1.54, 1.807) is 9.80 Å². The van der Waals surface area contributed by atoms with Crippen LogP contribution in [-0.2, 0) is 9.47 Å². The second kappa shape index (κ2) is 22.8. The van der Waals surface area contributed by atoms with E-state index in [4.69, 9.17) is 19.4 Å². The molecule has 4 aromatic heterocycles. The maximum atomic E-state index is 12.8. The molecule has 0 spiro atoms. The second-order valence-electron chi connectivity index (χ2n) is 24.2. The highest BCUT2D eigenvalue weighted by atomic mass is 16.6. The maximum absolute atomic E-state index is 12.8. The molecule has 8 aromatic rings. The molecule has 416 valence electrons. The number of benzene rings is 4. The minimum Gasteiger partial charge on any atom is -0.444 e. The van der Waals surface area contributed by atoms with Crippen LogP contribution in [-0.4, -0.2) is 92.7 Å². The van der Waals surface area contributed by atoms with Crippen molar-refractivity contribution < 1.29 is 19.1 Å². The number of carbonyl (C=O) groups excluding carboxylic acids is 2. The minimum absolute atomic E-state index is 0.118. The first-order valence-corrected chi connectivity index (χ1v) is 28.9. The number of hydrogen-bond acceptors (Lipinski definition) is 9. The van der Waals surface area contributed by atoms with Crippen molar-refractivity contribution in [1.82, 2.24) is 55.0 Å². The molecule has 15 heteroatoms. The van der Waals surface area contributed by atoms with E-state index in [1.807, 2.05) is 60.9 Å². The van der Waals surface area contributed by atoms with Crippen molar-refractivity contribution in [3.05, 3.63) is 144 Å². The number of imidazole rings is 4. The standard InChI is InChI=1S/C37H46N6O4.C28H31N5/c1-23-31(41-33(39-23)30-11-9-21-43(30)35(45)47-37(5,6)7)27-18-14-25(15-19-27)24-12-16-26(17-13-24)28-22-38-32(40-28)29-10-8-20-42(29)34(44)46-36(2,3)4;1-18-26(33-28(31-18)24-7-4-16-29-24)22-14-10-20(11-15-22)19-8-12-21(13-9-19)25-17-30-27(32-25)23-5-2-3-6-23/h12-19,22,29-30H,8-11,20-21H2,1-7H3,(H,38,40)(H,39,41);8-15,17,23-24,29H,2-7,16H2,1H3,(H,30,32)(H,31,33)/t29-,30-;24-/m00/s1. The van der Waals surface area contributed by atoms with Crippen LogP contribution in [0.1, 0.15) is 164 Å². The first-order valence-electron chi connectivity index (χ1n) is 28.9. The summed E-state index contributed by atoms with van der Waals surface area (Å²) >= 11 is 0. The van der Waals surface area contributed by atoms with Crippen LogP contribution in [0.25, 0.3) is 67.3 Å². The Hall–Kier alpha value is -7.78. The van der Waals surface area contributed by atoms with Crippen LogP contribution in [0, 0.1) is 13.8 Å². The summed E-state index contributed by atoms with van der Waals surface area (Å²) in [5.74, 6) is 4.41. The predicted molar refractivity (Wildman–Crippen MR) is 315 cm³/mol. The van der Waals surface area contributed by atoms with Gasteiger partial charge in [0.25, 0.3) is 0 Å². The monoisotopic (exact) mass is 1080 g/mol. The number of nitrogens with zero attached hydrogens (tertiary/aromatic N) is 6. The molecule has 0 radical (unpaired) electrons. The third-order valence-electron chi connectivity index (χ3n) is 15.9. The zero-order chi connectivity index (χ0) is 55.7. The van der Waals surface area contributed by atoms with Crippen molar-refractivity contribution in [2.75, 3.05) is 19.6 Å². The zero-order valence-electron chi connectivity index (χ0n) is 47.7. The number of carbonyl (C=O) groups is 2. The summed E-state index contributed by atoms with van der Waals surface area (Å²) in [6, 6.07) is 34.4. The number of rotatable bonds is 10. The number of aryl methyl sites for hydroxylation is 2. The number of hydrogen-bond donors (Lipinski definition) is 5. The lowest BCUT2D eigenvalue weighted by atomic mass is 10.0. The van der Waals surface area contributed by atoms with Crippen LogP contribution >= 0.6 is 0 Å². The normalized spacial score (nSPS) is 18.7. The predicted octanol–water partition coefficient (Wildman–Crippen LogP) is 15.1. The highest BCUT2D eigenvalue weighted by Gasteiger charge is 2.37. The van der Waals surface area contributed by atoms with Gasteiger partial charge < -0.3 is 34.7 Å². The third-order valence-corrected chi connectivity index (χ3v) is 15.9. The van der Waals surface area contributed by atoms with Gasteiger partial charge in [-0.3, -0.25) is 9.80 Å². The summed E-state index contributed by atoms with van der Waals surface area (Å²) < 4.78 is 11.3. The second-order valence-corrected chi connectivity index (χ2v) is 24.2. The molecule has 1 aliphatic carbocycles. The van der Waals surface area contributed by atoms with Crippen molar-refractivity contribution in [2.24, 2.45) is 0 Å². The fourth-order valence-electron chi connectivity index (χ4n) is 11.8. The molecule has 5 N–H and O–H groups in total. The number of H-pyrrole nitrogens is 4. The highest BCUT2D eigenvalue weighted by molar-refractivity contribution is 5.75. The molecule has 4 aromatic carbocycles. The molecule has 3 aliphatic heterocycles. The molecule has 80 heavy (non-hydrogen) atoms. The Balaban J connectivity index is 0.000000179. The number of aromatic nitrogens is 8. The molecule has 3 saturated heterocycles. The first kappa shape index (κ1) is 54.2. The molecule has 1 saturated carbocycles. The molecule has 3 atom stereocenters. The molecule has 0 bridgehead atoms. The lowest BCUT2D eigenvalue weighted by molar-refractivity contribution is 0.0208. The zero-order valence-corrected chi connectivity index (χ0v) is 47.7. The van der Waals surface area contributed by atoms with E-state index < -0.39 is 11.2 Å². The van der Waals surface area contributed by atoms with Gasteiger partial charge >= 0.3 is 12.2 Å². The molecule has 0 unspecified atom stereocenters. The highest BCUT2D eigenvalue weighted by Crippen LogP contribution is 2.38. The number of ether oxygens (including phenoxy) is 2. The van der Waals surface area contributed by atoms with E-state index in [1.165, 1.54) is 48.8 Å². The Kier molecular flexibility index (Phi) is 15.4. The van der Waals surface area contributed by atoms with Gasteiger partial charge in [0.15, 0.2) is 0 Å². The van der Waals surface area contributed by atoms with E-state index in [-0.39, 0.29) is 24.3 Å². The van der Waals surface area contributed by atoms with E-state index in [0.29, 0.717) is 25.0 Å². The number of nitrogens with one attached hydrogen (secondary N) is 5. The van der Waals surface area contributed by atoms with Crippen LogP contribution in [0.4, 0.5) is 9.59 Å². The molecule has 4 aliphatic rings. The molecule has 4 fully saturated rings. The quantitative estimate of drug-likeness (QED) is 0.0889. The fourth-order valence-corrected chi connectivity index (χ4v) is 11.8. The van der Waals surface area contributed by atoms with Gasteiger partial charge in [0.2, 0.25) is 0 Å². The van der Waals surface area contributed by atoms with Gasteiger partial charge in [0, 0.05) is 41.5 Å². The van der Waals surface area contributed by atoms with Crippen LogP contribution in [0.5, 0.6) is 0 Å². The first-order chi connectivity index (χ1) is 38.5. The smallest absolute Gasteiger partial charge is 0.410 e. The molecular weight excluding hydrogens is 999 g/mol. The van der Waals surface area contributed by atoms with E-state index in [9.17, 15) is 9.59 Å². The largest absolute Gasteiger partial charge is 0.444 e. The van der Waals surface area contributed by atoms with Crippen molar-refractivity contribution in [3.63, 3.8) is 0 Å². The molecule has 12 rings (SSSR count). The van der Waals surface area contributed by atoms with Gasteiger partial charge in [-0.05, 0) is 147 Å². The van der Waals surface area contributed by atoms with Gasteiger partial charge in [-0.15, -0.1) is 0 Å². The molecule has 2 amide bonds. The van der Waals surface area contributed by atoms with Crippen molar-refractivity contribution in [2.45, 2.75) is 155 Å². The lowest BCUT2D eigenvalue weighted by Crippen LogP contribution is -2.36. The Labute approximate surface area is 470 Å². The van der Waals surface area contributed by atoms with Gasteiger partial charge in [-0.2, -0.15) is 0 Å². The fraction of sp³-hybridized carbons (Fsp3) is 0.415. The Morgan fingerprint density at radius 3 is 1.31 bits per heavy atom. The van der Waals surface area contributed by atoms with Crippen molar-refractivity contribution in [1.29, 1.82) is 0 Å². The number of likely N-dealkylation sites (tertiary alicyclic amines) is 2. The summed E-state index contributed by atoms with van der Waals surface area (Å²) in [6.07, 6.45) is 14.3. The van der Waals surface area contributed by atoms with Gasteiger partial charge in [0.1, 0.15) is 34.5 Å². The molecule has 15 nitrogen and oxygen atoms in total. The number of aromatic amines is 4. The minimum atomic E-state index is -0.540. The SMILES string of the molecule is Cc1[nH]c([C@@H]2CCCN2)nc1-c1ccc(-c2ccc(-c3cnc(C4CCCC4)[nH]3)cc2)cc1.Cc1[nH]c([C@@H]2CCCN2C(=O)OC(C)(C)C)nc1-c1ccc(-c2ccc(-c3cnc([C@@H]4CCCN4C(=O)OC(C)(C)C)[nH]3)cc2)cc1. The maximum Gasteiger partial charge on any atom is 0.410 e. The third kappa shape index (κ3) is 12.2. The topological polar surface area (TPSA) is 186 Å². The Bertz CT molecular complexity index is 3400. The number of amides is 2. The summed E-state index contributed by atoms with van der Waals surface area (Å²) in [6.45, 7) is 17.9. The van der Waals surface area contributed by atoms with Gasteiger partial charge in [-0.1, -0.05) is 110 Å². The van der Waals surface area contributed by atoms with Gasteiger partial charge in [0.05, 0.1) is 53.3 Å². The van der Waals surface area contributed by atoms with Crippen LogP contribution < -0.4 is 5.32 Å². The van der Waals surface area contributed by atoms with Crippen LogP contribution in [0.15, 0.2) is 109 Å². The van der Waals surface area contributed by atoms with Gasteiger partial charge in [-0.25, -0.2) is 29.5 Å².